The third-order valence-electron chi connectivity index (χ3n) is 6.18. The molecule has 0 aliphatic carbocycles. The molecule has 296 valence electrons. The van der Waals surface area contributed by atoms with Gasteiger partial charge >= 0.3 is 0 Å². The highest BCUT2D eigenvalue weighted by Gasteiger charge is 2.21. The third kappa shape index (κ3) is 25.4. The molecule has 3 rings (SSSR count). The minimum absolute atomic E-state index is 0. The average molecular weight is 759 g/mol. The maximum atomic E-state index is 12.4. The Morgan fingerprint density at radius 3 is 1.64 bits per heavy atom. The number of rotatable bonds is 5. The molecule has 1 amide bonds. The second-order valence-corrected chi connectivity index (χ2v) is 10.9. The number of carbonyl (C=O) groups is 1. The topological polar surface area (TPSA) is 173 Å². The summed E-state index contributed by atoms with van der Waals surface area (Å²) >= 11 is 0. The van der Waals surface area contributed by atoms with Gasteiger partial charge in [-0.15, -0.1) is 12.0 Å². The zero-order valence-corrected chi connectivity index (χ0v) is 30.9. The van der Waals surface area contributed by atoms with Crippen LogP contribution in [0.5, 0.6) is 0 Å². The molecule has 0 unspecified atom stereocenters. The number of hydrogen-bond donors (Lipinski definition) is 4. The van der Waals surface area contributed by atoms with E-state index in [1.54, 1.807) is 24.0 Å². The van der Waals surface area contributed by atoms with Crippen LogP contribution in [0.3, 0.4) is 0 Å². The number of carbonyl (C=O) groups excluding carboxylic acids is 1. The lowest BCUT2D eigenvalue weighted by Crippen LogP contribution is -2.41. The van der Waals surface area contributed by atoms with E-state index in [0.717, 1.165) is 31.5 Å². The number of terminal acetylenes is 1. The van der Waals surface area contributed by atoms with Crippen LogP contribution in [0.15, 0.2) is 54.1 Å². The molecule has 1 fully saturated rings. The van der Waals surface area contributed by atoms with Crippen LogP contribution < -0.4 is 11.1 Å². The number of nitrogens with two attached hydrogens (primary N) is 1. The molecule has 1 aliphatic rings. The van der Waals surface area contributed by atoms with Crippen LogP contribution in [0.1, 0.15) is 66.7 Å². The Morgan fingerprint density at radius 2 is 1.25 bits per heavy atom. The molecule has 1 saturated heterocycles. The summed E-state index contributed by atoms with van der Waals surface area (Å²) in [5, 5.41) is 12.8. The summed E-state index contributed by atoms with van der Waals surface area (Å²) in [4.78, 5) is 30.5. The van der Waals surface area contributed by atoms with Gasteiger partial charge in [-0.2, -0.15) is 0 Å². The average Bonchev–Trinajstić information content (AvgIpc) is 3.18. The van der Waals surface area contributed by atoms with Gasteiger partial charge in [0.1, 0.15) is 0 Å². The molecular formula is C46H58N6O4. The minimum atomic E-state index is -0.651. The fourth-order valence-corrected chi connectivity index (χ4v) is 4.09. The first-order valence-electron chi connectivity index (χ1n) is 16.1. The van der Waals surface area contributed by atoms with Gasteiger partial charge in [-0.05, 0) is 169 Å². The lowest BCUT2D eigenvalue weighted by Gasteiger charge is -2.32. The van der Waals surface area contributed by atoms with Gasteiger partial charge in [-0.25, -0.2) is 0 Å². The van der Waals surface area contributed by atoms with E-state index >= 15 is 0 Å². The second-order valence-electron chi connectivity index (χ2n) is 10.9. The molecule has 0 saturated carbocycles. The van der Waals surface area contributed by atoms with Gasteiger partial charge in [0.15, 0.2) is 0 Å². The Kier molecular flexibility index (Phi) is 26.4. The predicted molar refractivity (Wildman–Crippen MR) is 249 cm³/mol. The molecular weight excluding hydrogens is 701 g/mol. The smallest absolute Gasteiger partial charge is 0.255 e. The van der Waals surface area contributed by atoms with E-state index in [4.69, 9.17) is 33.1 Å². The van der Waals surface area contributed by atoms with E-state index in [0.29, 0.717) is 23.5 Å². The lowest BCUT2D eigenvalue weighted by atomic mass is 9.99. The molecule has 1 heterocycles. The summed E-state index contributed by atoms with van der Waals surface area (Å²) in [5.41, 5.74) is 21.8. The van der Waals surface area contributed by atoms with Crippen LogP contribution in [-0.2, 0) is 0 Å². The van der Waals surface area contributed by atoms with E-state index in [1.807, 2.05) is 50.2 Å². The number of aliphatic hydroxyl groups is 1. The van der Waals surface area contributed by atoms with Crippen molar-refractivity contribution in [2.45, 2.75) is 39.2 Å². The third-order valence-corrected chi connectivity index (χ3v) is 6.18. The largest absolute Gasteiger partial charge is 0.397 e. The number of hydrogen-bond acceptors (Lipinski definition) is 7. The van der Waals surface area contributed by atoms with E-state index < -0.39 is 5.60 Å². The molecule has 0 radical (unpaired) electrons. The van der Waals surface area contributed by atoms with Crippen molar-refractivity contribution in [1.29, 1.82) is 5.53 Å². The molecule has 1 aliphatic heterocycles. The van der Waals surface area contributed by atoms with Crippen LogP contribution in [0.25, 0.3) is 16.5 Å². The van der Waals surface area contributed by atoms with Crippen LogP contribution in [0.4, 0.5) is 11.4 Å². The number of nitrogens with one attached hydrogen (secondary N) is 2. The van der Waals surface area contributed by atoms with Gasteiger partial charge in [0.2, 0.25) is 0 Å². The maximum absolute atomic E-state index is 12.4. The molecule has 0 aromatic heterocycles. The van der Waals surface area contributed by atoms with E-state index in [-0.39, 0.29) is 23.0 Å². The van der Waals surface area contributed by atoms with Crippen molar-refractivity contribution in [1.82, 2.24) is 4.90 Å². The van der Waals surface area contributed by atoms with E-state index in [9.17, 15) is 9.90 Å². The van der Waals surface area contributed by atoms with Crippen molar-refractivity contribution >= 4 is 23.4 Å². The molecule has 0 bridgehead atoms. The number of benzene rings is 2. The quantitative estimate of drug-likeness (QED) is 0.0785. The summed E-state index contributed by atoms with van der Waals surface area (Å²) < 4.78 is 0. The summed E-state index contributed by atoms with van der Waals surface area (Å²) in [6.45, 7) is 8.03. The number of amides is 1. The number of nitrogens with zero attached hydrogens (tertiary/aromatic N) is 3. The van der Waals surface area contributed by atoms with Crippen molar-refractivity contribution in [3.63, 3.8) is 0 Å². The Hall–Kier alpha value is -8.56. The first-order valence-corrected chi connectivity index (χ1v) is 16.1. The fourth-order valence-electron chi connectivity index (χ4n) is 4.09. The molecule has 0 atom stereocenters. The van der Waals surface area contributed by atoms with Crippen molar-refractivity contribution in [3.05, 3.63) is 85.6 Å². The number of para-hydroxylation sites is 2. The van der Waals surface area contributed by atoms with Gasteiger partial charge in [-0.1, -0.05) is 41.8 Å². The van der Waals surface area contributed by atoms with Crippen LogP contribution in [-0.4, -0.2) is 41.1 Å². The number of β-amino-alcohol motifs (C(OH)–C–C–N with tert-alkyl or cyclic N) is 1. The van der Waals surface area contributed by atoms with Crippen molar-refractivity contribution in [3.8, 4) is 131 Å². The zero-order chi connectivity index (χ0) is 41.7. The Morgan fingerprint density at radius 1 is 0.839 bits per heavy atom. The van der Waals surface area contributed by atoms with Gasteiger partial charge in [-0.3, -0.25) is 9.69 Å². The highest BCUT2D eigenvalue weighted by atomic mass is 16.7. The number of anilines is 2. The van der Waals surface area contributed by atoms with E-state index in [2.05, 4.69) is 141 Å². The monoisotopic (exact) mass is 758 g/mol. The molecule has 2 aromatic rings. The first-order chi connectivity index (χ1) is 27.1. The maximum Gasteiger partial charge on any atom is 0.255 e. The van der Waals surface area contributed by atoms with Gasteiger partial charge in [0, 0.05) is 75.9 Å². The Labute approximate surface area is 346 Å². The molecule has 0 spiro atoms. The Balaban J connectivity index is -0.0000000642. The normalized spacial score (nSPS) is 9.45. The highest BCUT2D eigenvalue weighted by Crippen LogP contribution is 2.22. The lowest BCUT2D eigenvalue weighted by molar-refractivity contribution is 0.0338. The minimum Gasteiger partial charge on any atom is -0.397 e. The fraction of sp³-hybridized carbons (Fsp3) is 0.196. The van der Waals surface area contributed by atoms with E-state index in [1.165, 1.54) is 5.57 Å². The van der Waals surface area contributed by atoms with Crippen molar-refractivity contribution < 1.29 is 27.0 Å². The Bertz CT molecular complexity index is 2470. The van der Waals surface area contributed by atoms with Gasteiger partial charge < -0.3 is 16.2 Å². The van der Waals surface area contributed by atoms with Crippen LogP contribution in [0.2, 0.25) is 0 Å². The number of piperidine rings is 1. The summed E-state index contributed by atoms with van der Waals surface area (Å²) in [6, 6.07) is 14.8. The molecule has 10 nitrogen and oxygen atoms in total. The van der Waals surface area contributed by atoms with Crippen LogP contribution >= 0.6 is 0 Å². The number of likely N-dealkylation sites (tertiary alicyclic amines) is 1. The first kappa shape index (κ1) is 47.4. The molecule has 10 heteroatoms. The predicted octanol–water partition coefficient (Wildman–Crippen LogP) is 8.34. The SMILES string of the molecule is C#CC#CC#CC#CC#CC#CC#CC#CC#CC#CC#CC.CC(C)(O)CN1CCC(=Cc2ccc(C(=O)Nc3ccccc3N)cc2)CC1.O=O.[HH].[HH].[HH].[HH].[HH].[HH].[HH].[HH].[HH].[HH].[HH].[HH].[N-]=[N+]=N. The van der Waals surface area contributed by atoms with Crippen molar-refractivity contribution in [2.75, 3.05) is 30.7 Å². The highest BCUT2D eigenvalue weighted by molar-refractivity contribution is 6.05. The number of nitrogen functional groups attached to an aromatic ring is 1. The molecule has 2 aromatic carbocycles. The summed E-state index contributed by atoms with van der Waals surface area (Å²) in [5.74, 6) is 51.7. The molecule has 56 heavy (non-hydrogen) atoms. The summed E-state index contributed by atoms with van der Waals surface area (Å²) in [6.07, 6.45) is 9.12. The van der Waals surface area contributed by atoms with Gasteiger partial charge in [0.25, 0.3) is 5.91 Å². The van der Waals surface area contributed by atoms with Crippen molar-refractivity contribution in [2.24, 2.45) is 0 Å². The second kappa shape index (κ2) is 31.2. The van der Waals surface area contributed by atoms with Crippen LogP contribution in [0, 0.1) is 146 Å². The summed E-state index contributed by atoms with van der Waals surface area (Å²) in [7, 11) is 0. The zero-order valence-electron chi connectivity index (χ0n) is 30.9. The van der Waals surface area contributed by atoms with Gasteiger partial charge in [0.05, 0.1) is 17.0 Å². The molecule has 5 N–H and O–H groups in total. The standard InChI is InChI=1S/C23H29N3O2.C23H4.HN3.O2.12H2/c1-23(2,28)16-26-13-11-18(12-14-26)15-17-7-9-19(10-8-17)22(27)25-21-6-4-3-5-20(21)24;1-3-5-7-9-11-13-15-17-19-21-23-22-20-18-16-14-12-10-8-6-4-2;1-3-2;1-2;;;;;;;;;;;;/h3-10,15,28H,11-14,16,24H2,1-2H3,(H,25,27);1H,2H3;1H;;12*1H.